The SMILES string of the molecule is Cc1ccc(NC(=O)C2CC2)cc1NC(=O)C1CCN(C(=O)c2ccc(C(F)(F)F)cc2)CC1. The van der Waals surface area contributed by atoms with Crippen molar-refractivity contribution in [2.75, 3.05) is 23.7 Å². The van der Waals surface area contributed by atoms with Crippen molar-refractivity contribution in [1.29, 1.82) is 0 Å². The number of amides is 3. The largest absolute Gasteiger partial charge is 0.416 e. The molecule has 1 aliphatic carbocycles. The number of benzene rings is 2. The summed E-state index contributed by atoms with van der Waals surface area (Å²) in [5.74, 6) is -0.722. The van der Waals surface area contributed by atoms with Crippen molar-refractivity contribution in [1.82, 2.24) is 4.90 Å². The number of halogens is 3. The van der Waals surface area contributed by atoms with E-state index in [1.165, 1.54) is 12.1 Å². The van der Waals surface area contributed by atoms with Gasteiger partial charge in [-0.2, -0.15) is 13.2 Å². The maximum atomic E-state index is 12.8. The molecule has 0 radical (unpaired) electrons. The Morgan fingerprint density at radius 2 is 1.44 bits per heavy atom. The van der Waals surface area contributed by atoms with Crippen LogP contribution in [0, 0.1) is 18.8 Å². The van der Waals surface area contributed by atoms with Crippen LogP contribution in [0.5, 0.6) is 0 Å². The molecule has 6 nitrogen and oxygen atoms in total. The minimum atomic E-state index is -4.45. The fraction of sp³-hybridized carbons (Fsp3) is 0.400. The fourth-order valence-corrected chi connectivity index (χ4v) is 3.99. The monoisotopic (exact) mass is 473 g/mol. The van der Waals surface area contributed by atoms with Crippen LogP contribution in [-0.2, 0) is 15.8 Å². The first-order chi connectivity index (χ1) is 16.1. The predicted octanol–water partition coefficient (Wildman–Crippen LogP) is 4.85. The molecule has 4 rings (SSSR count). The first kappa shape index (κ1) is 23.8. The van der Waals surface area contributed by atoms with Crippen molar-refractivity contribution in [2.24, 2.45) is 11.8 Å². The Hall–Kier alpha value is -3.36. The Morgan fingerprint density at radius 3 is 2.03 bits per heavy atom. The van der Waals surface area contributed by atoms with Crippen LogP contribution < -0.4 is 10.6 Å². The van der Waals surface area contributed by atoms with E-state index >= 15 is 0 Å². The van der Waals surface area contributed by atoms with Crippen LogP contribution in [0.1, 0.15) is 47.2 Å². The molecule has 1 saturated carbocycles. The van der Waals surface area contributed by atoms with Crippen LogP contribution >= 0.6 is 0 Å². The summed E-state index contributed by atoms with van der Waals surface area (Å²) in [7, 11) is 0. The summed E-state index contributed by atoms with van der Waals surface area (Å²) in [6.45, 7) is 2.55. The van der Waals surface area contributed by atoms with E-state index in [2.05, 4.69) is 10.6 Å². The van der Waals surface area contributed by atoms with Crippen LogP contribution in [0.2, 0.25) is 0 Å². The number of nitrogens with zero attached hydrogens (tertiary/aromatic N) is 1. The molecule has 1 saturated heterocycles. The molecule has 2 aromatic carbocycles. The van der Waals surface area contributed by atoms with Crippen molar-refractivity contribution in [3.05, 3.63) is 59.2 Å². The van der Waals surface area contributed by atoms with Gasteiger partial charge in [0.25, 0.3) is 5.91 Å². The minimum Gasteiger partial charge on any atom is -0.339 e. The van der Waals surface area contributed by atoms with E-state index in [1.54, 1.807) is 17.0 Å². The molecule has 0 atom stereocenters. The summed E-state index contributed by atoms with van der Waals surface area (Å²) in [4.78, 5) is 39.1. The van der Waals surface area contributed by atoms with E-state index in [-0.39, 0.29) is 35.1 Å². The molecular formula is C25H26F3N3O3. The van der Waals surface area contributed by atoms with E-state index in [1.807, 2.05) is 13.0 Å². The molecule has 1 heterocycles. The van der Waals surface area contributed by atoms with Crippen LogP contribution in [-0.4, -0.2) is 35.7 Å². The first-order valence-corrected chi connectivity index (χ1v) is 11.3. The quantitative estimate of drug-likeness (QED) is 0.652. The first-order valence-electron chi connectivity index (χ1n) is 11.3. The highest BCUT2D eigenvalue weighted by Crippen LogP contribution is 2.31. The molecule has 1 aliphatic heterocycles. The van der Waals surface area contributed by atoms with E-state index in [4.69, 9.17) is 0 Å². The van der Waals surface area contributed by atoms with Gasteiger partial charge < -0.3 is 15.5 Å². The topological polar surface area (TPSA) is 78.5 Å². The number of piperidine rings is 1. The Balaban J connectivity index is 1.32. The van der Waals surface area contributed by atoms with E-state index in [9.17, 15) is 27.6 Å². The van der Waals surface area contributed by atoms with Crippen molar-refractivity contribution >= 4 is 29.1 Å². The third-order valence-electron chi connectivity index (χ3n) is 6.32. The van der Waals surface area contributed by atoms with Gasteiger partial charge in [0.15, 0.2) is 0 Å². The van der Waals surface area contributed by atoms with Gasteiger partial charge in [-0.1, -0.05) is 6.07 Å². The number of nitrogens with one attached hydrogen (secondary N) is 2. The Morgan fingerprint density at radius 1 is 0.853 bits per heavy atom. The third-order valence-corrected chi connectivity index (χ3v) is 6.32. The molecule has 180 valence electrons. The lowest BCUT2D eigenvalue weighted by molar-refractivity contribution is -0.137. The highest BCUT2D eigenvalue weighted by Gasteiger charge is 2.32. The summed E-state index contributed by atoms with van der Waals surface area (Å²) < 4.78 is 38.2. The average Bonchev–Trinajstić information content (AvgIpc) is 3.66. The van der Waals surface area contributed by atoms with Crippen molar-refractivity contribution in [2.45, 2.75) is 38.8 Å². The number of likely N-dealkylation sites (tertiary alicyclic amines) is 1. The maximum absolute atomic E-state index is 12.8. The van der Waals surface area contributed by atoms with Crippen molar-refractivity contribution in [3.8, 4) is 0 Å². The lowest BCUT2D eigenvalue weighted by Crippen LogP contribution is -2.41. The lowest BCUT2D eigenvalue weighted by Gasteiger charge is -2.31. The minimum absolute atomic E-state index is 0.00813. The summed E-state index contributed by atoms with van der Waals surface area (Å²) in [6.07, 6.45) is -1.73. The number of hydrogen-bond donors (Lipinski definition) is 2. The zero-order valence-corrected chi connectivity index (χ0v) is 18.7. The molecule has 3 amide bonds. The van der Waals surface area contributed by atoms with Crippen molar-refractivity contribution < 1.29 is 27.6 Å². The second-order valence-electron chi connectivity index (χ2n) is 8.92. The zero-order chi connectivity index (χ0) is 24.5. The summed E-state index contributed by atoms with van der Waals surface area (Å²) in [5.41, 5.74) is 1.52. The second-order valence-corrected chi connectivity index (χ2v) is 8.92. The van der Waals surface area contributed by atoms with Gasteiger partial charge in [0, 0.05) is 41.9 Å². The standard InChI is InChI=1S/C25H26F3N3O3/c1-15-2-9-20(29-22(32)16-3-4-16)14-21(15)30-23(33)17-10-12-31(13-11-17)24(34)18-5-7-19(8-6-18)25(26,27)28/h2,5-9,14,16-17H,3-4,10-13H2,1H3,(H,29,32)(H,30,33). The highest BCUT2D eigenvalue weighted by atomic mass is 19.4. The molecule has 34 heavy (non-hydrogen) atoms. The normalized spacial score (nSPS) is 16.8. The lowest BCUT2D eigenvalue weighted by atomic mass is 9.95. The number of anilines is 2. The van der Waals surface area contributed by atoms with Crippen LogP contribution in [0.3, 0.4) is 0 Å². The summed E-state index contributed by atoms with van der Waals surface area (Å²) >= 11 is 0. The maximum Gasteiger partial charge on any atom is 0.416 e. The second kappa shape index (κ2) is 9.48. The van der Waals surface area contributed by atoms with Gasteiger partial charge in [-0.05, 0) is 74.6 Å². The molecule has 0 spiro atoms. The van der Waals surface area contributed by atoms with Gasteiger partial charge in [0.2, 0.25) is 11.8 Å². The fourth-order valence-electron chi connectivity index (χ4n) is 3.99. The Labute approximate surface area is 195 Å². The van der Waals surface area contributed by atoms with Crippen molar-refractivity contribution in [3.63, 3.8) is 0 Å². The van der Waals surface area contributed by atoms with Crippen LogP contribution in [0.25, 0.3) is 0 Å². The molecule has 2 aromatic rings. The number of rotatable bonds is 5. The van der Waals surface area contributed by atoms with Gasteiger partial charge in [0.1, 0.15) is 0 Å². The van der Waals surface area contributed by atoms with Gasteiger partial charge in [-0.25, -0.2) is 0 Å². The molecule has 0 bridgehead atoms. The van der Waals surface area contributed by atoms with Gasteiger partial charge in [0.05, 0.1) is 5.56 Å². The number of hydrogen-bond acceptors (Lipinski definition) is 3. The number of carbonyl (C=O) groups is 3. The molecule has 0 aromatic heterocycles. The number of aryl methyl sites for hydroxylation is 1. The molecular weight excluding hydrogens is 447 g/mol. The molecule has 9 heteroatoms. The molecule has 2 fully saturated rings. The zero-order valence-electron chi connectivity index (χ0n) is 18.7. The van der Waals surface area contributed by atoms with E-state index < -0.39 is 11.7 Å². The smallest absolute Gasteiger partial charge is 0.339 e. The highest BCUT2D eigenvalue weighted by molar-refractivity contribution is 5.97. The molecule has 0 unspecified atom stereocenters. The van der Waals surface area contributed by atoms with E-state index in [0.29, 0.717) is 37.3 Å². The van der Waals surface area contributed by atoms with Crippen LogP contribution in [0.4, 0.5) is 24.5 Å². The average molecular weight is 473 g/mol. The number of alkyl halides is 3. The van der Waals surface area contributed by atoms with Crippen LogP contribution in [0.15, 0.2) is 42.5 Å². The Kier molecular flexibility index (Phi) is 6.63. The molecule has 2 aliphatic rings. The molecule has 2 N–H and O–H groups in total. The van der Waals surface area contributed by atoms with Gasteiger partial charge in [-0.3, -0.25) is 14.4 Å². The summed E-state index contributed by atoms with van der Waals surface area (Å²) in [5, 5.41) is 5.81. The number of carbonyl (C=O) groups excluding carboxylic acids is 3. The van der Waals surface area contributed by atoms with E-state index in [0.717, 1.165) is 30.5 Å². The predicted molar refractivity (Wildman–Crippen MR) is 121 cm³/mol. The Bertz CT molecular complexity index is 1090. The summed E-state index contributed by atoms with van der Waals surface area (Å²) in [6, 6.07) is 9.55. The van der Waals surface area contributed by atoms with Gasteiger partial charge >= 0.3 is 6.18 Å². The third kappa shape index (κ3) is 5.58. The van der Waals surface area contributed by atoms with Gasteiger partial charge in [-0.15, -0.1) is 0 Å².